The van der Waals surface area contributed by atoms with Crippen LogP contribution in [0.25, 0.3) is 0 Å². The molecule has 1 aromatic heterocycles. The summed E-state index contributed by atoms with van der Waals surface area (Å²) in [6.45, 7) is 0.596. The summed E-state index contributed by atoms with van der Waals surface area (Å²) < 4.78 is 23.1. The highest BCUT2D eigenvalue weighted by molar-refractivity contribution is 7.91. The van der Waals surface area contributed by atoms with Gasteiger partial charge in [0.15, 0.2) is 15.7 Å². The molecule has 0 aliphatic carbocycles. The topological polar surface area (TPSA) is 79.0 Å². The van der Waals surface area contributed by atoms with E-state index in [0.717, 1.165) is 24.5 Å². The first kappa shape index (κ1) is 16.1. The van der Waals surface area contributed by atoms with Crippen LogP contribution in [0.1, 0.15) is 23.6 Å². The normalized spacial score (nSPS) is 20.2. The van der Waals surface area contributed by atoms with E-state index in [9.17, 15) is 8.42 Å². The lowest BCUT2D eigenvalue weighted by Gasteiger charge is -2.21. The minimum Gasteiger partial charge on any atom is -0.295 e. The Labute approximate surface area is 136 Å². The van der Waals surface area contributed by atoms with E-state index >= 15 is 0 Å². The second kappa shape index (κ2) is 6.80. The van der Waals surface area contributed by atoms with Crippen LogP contribution < -0.4 is 0 Å². The zero-order valence-corrected chi connectivity index (χ0v) is 14.1. The second-order valence-corrected chi connectivity index (χ2v) is 8.38. The fourth-order valence-corrected chi connectivity index (χ4v) is 4.71. The smallest absolute Gasteiger partial charge is 0.151 e. The van der Waals surface area contributed by atoms with E-state index in [1.165, 1.54) is 5.56 Å². The standard InChI is InChI=1S/C16H22N4O2S/c1-20(14-9-10-23(21,22)12-14)11-16-17-15(18-19-16)8-7-13-5-3-2-4-6-13/h2-6,14H,7-12H2,1H3,(H,17,18,19). The predicted molar refractivity (Wildman–Crippen MR) is 88.8 cm³/mol. The van der Waals surface area contributed by atoms with Gasteiger partial charge in [-0.2, -0.15) is 5.10 Å². The Balaban J connectivity index is 1.53. The van der Waals surface area contributed by atoms with Gasteiger partial charge in [0.25, 0.3) is 0 Å². The fourth-order valence-electron chi connectivity index (χ4n) is 2.91. The molecule has 1 aromatic carbocycles. The van der Waals surface area contributed by atoms with Gasteiger partial charge in [0.2, 0.25) is 0 Å². The van der Waals surface area contributed by atoms with Crippen LogP contribution in [0.3, 0.4) is 0 Å². The van der Waals surface area contributed by atoms with Gasteiger partial charge in [-0.1, -0.05) is 30.3 Å². The van der Waals surface area contributed by atoms with Crippen LogP contribution in [-0.2, 0) is 29.2 Å². The van der Waals surface area contributed by atoms with Gasteiger partial charge in [-0.3, -0.25) is 10.00 Å². The molecule has 1 fully saturated rings. The molecule has 23 heavy (non-hydrogen) atoms. The number of nitrogens with one attached hydrogen (secondary N) is 1. The fraction of sp³-hybridized carbons (Fsp3) is 0.500. The molecule has 1 atom stereocenters. The van der Waals surface area contributed by atoms with Gasteiger partial charge in [0.05, 0.1) is 18.1 Å². The Morgan fingerprint density at radius 2 is 2.04 bits per heavy atom. The Kier molecular flexibility index (Phi) is 4.77. The molecule has 1 aliphatic rings. The molecule has 0 amide bonds. The Morgan fingerprint density at radius 1 is 1.26 bits per heavy atom. The van der Waals surface area contributed by atoms with Crippen LogP contribution in [-0.4, -0.2) is 53.1 Å². The van der Waals surface area contributed by atoms with Crippen molar-refractivity contribution in [3.63, 3.8) is 0 Å². The Bertz CT molecular complexity index is 742. The van der Waals surface area contributed by atoms with Crippen molar-refractivity contribution in [3.8, 4) is 0 Å². The van der Waals surface area contributed by atoms with Gasteiger partial charge in [-0.05, 0) is 25.5 Å². The van der Waals surface area contributed by atoms with Crippen LogP contribution in [0.4, 0.5) is 0 Å². The van der Waals surface area contributed by atoms with Crippen LogP contribution in [0, 0.1) is 0 Å². The van der Waals surface area contributed by atoms with Crippen molar-refractivity contribution < 1.29 is 8.42 Å². The van der Waals surface area contributed by atoms with E-state index in [1.54, 1.807) is 0 Å². The van der Waals surface area contributed by atoms with Crippen molar-refractivity contribution >= 4 is 9.84 Å². The molecule has 0 saturated carbocycles. The van der Waals surface area contributed by atoms with Gasteiger partial charge in [-0.25, -0.2) is 13.4 Å². The Hall–Kier alpha value is -1.73. The largest absolute Gasteiger partial charge is 0.295 e. The first-order valence-corrected chi connectivity index (χ1v) is 9.69. The molecule has 2 heterocycles. The summed E-state index contributed by atoms with van der Waals surface area (Å²) in [6, 6.07) is 10.3. The Morgan fingerprint density at radius 3 is 2.74 bits per heavy atom. The van der Waals surface area contributed by atoms with E-state index in [0.29, 0.717) is 18.7 Å². The van der Waals surface area contributed by atoms with Crippen LogP contribution in [0.5, 0.6) is 0 Å². The molecule has 124 valence electrons. The van der Waals surface area contributed by atoms with E-state index in [-0.39, 0.29) is 11.8 Å². The van der Waals surface area contributed by atoms with Crippen LogP contribution in [0.15, 0.2) is 30.3 Å². The monoisotopic (exact) mass is 334 g/mol. The number of sulfone groups is 1. The molecular weight excluding hydrogens is 312 g/mol. The van der Waals surface area contributed by atoms with E-state index in [2.05, 4.69) is 27.3 Å². The predicted octanol–water partition coefficient (Wildman–Crippen LogP) is 1.21. The number of aromatic nitrogens is 3. The highest BCUT2D eigenvalue weighted by atomic mass is 32.2. The van der Waals surface area contributed by atoms with Crippen molar-refractivity contribution in [2.75, 3.05) is 18.6 Å². The van der Waals surface area contributed by atoms with E-state index in [1.807, 2.05) is 30.1 Å². The average Bonchev–Trinajstić information content (AvgIpc) is 3.12. The maximum absolute atomic E-state index is 11.6. The minimum atomic E-state index is -2.85. The molecule has 7 heteroatoms. The quantitative estimate of drug-likeness (QED) is 0.859. The molecule has 0 bridgehead atoms. The maximum Gasteiger partial charge on any atom is 0.151 e. The number of nitrogens with zero attached hydrogens (tertiary/aromatic N) is 3. The van der Waals surface area contributed by atoms with Crippen molar-refractivity contribution in [1.82, 2.24) is 20.1 Å². The molecule has 1 aliphatic heterocycles. The average molecular weight is 334 g/mol. The van der Waals surface area contributed by atoms with Crippen LogP contribution >= 0.6 is 0 Å². The van der Waals surface area contributed by atoms with Gasteiger partial charge in [0, 0.05) is 12.5 Å². The molecule has 1 unspecified atom stereocenters. The lowest BCUT2D eigenvalue weighted by Crippen LogP contribution is -2.32. The third kappa shape index (κ3) is 4.39. The number of aromatic amines is 1. The summed E-state index contributed by atoms with van der Waals surface area (Å²) in [7, 11) is -0.913. The molecule has 0 radical (unpaired) electrons. The number of hydrogen-bond donors (Lipinski definition) is 1. The molecular formula is C16H22N4O2S. The van der Waals surface area contributed by atoms with E-state index in [4.69, 9.17) is 0 Å². The van der Waals surface area contributed by atoms with Gasteiger partial charge in [0.1, 0.15) is 5.82 Å². The number of aryl methyl sites for hydroxylation is 2. The summed E-state index contributed by atoms with van der Waals surface area (Å²) in [5.41, 5.74) is 1.27. The van der Waals surface area contributed by atoms with Crippen molar-refractivity contribution in [3.05, 3.63) is 47.5 Å². The van der Waals surface area contributed by atoms with E-state index < -0.39 is 9.84 Å². The summed E-state index contributed by atoms with van der Waals surface area (Å²) in [6.07, 6.45) is 2.41. The molecule has 6 nitrogen and oxygen atoms in total. The molecule has 1 saturated heterocycles. The first-order valence-electron chi connectivity index (χ1n) is 7.86. The molecule has 1 N–H and O–H groups in total. The highest BCUT2D eigenvalue weighted by Crippen LogP contribution is 2.17. The third-order valence-electron chi connectivity index (χ3n) is 4.29. The van der Waals surface area contributed by atoms with Crippen molar-refractivity contribution in [2.24, 2.45) is 0 Å². The lowest BCUT2D eigenvalue weighted by molar-refractivity contribution is 0.248. The van der Waals surface area contributed by atoms with Gasteiger partial charge in [-0.15, -0.1) is 0 Å². The summed E-state index contributed by atoms with van der Waals surface area (Å²) >= 11 is 0. The molecule has 0 spiro atoms. The number of benzene rings is 1. The molecule has 2 aromatic rings. The zero-order valence-electron chi connectivity index (χ0n) is 13.3. The van der Waals surface area contributed by atoms with Crippen LogP contribution in [0.2, 0.25) is 0 Å². The minimum absolute atomic E-state index is 0.0814. The zero-order chi connectivity index (χ0) is 16.3. The number of rotatable bonds is 6. The molecule has 3 rings (SSSR count). The lowest BCUT2D eigenvalue weighted by atomic mass is 10.1. The summed E-state index contributed by atoms with van der Waals surface area (Å²) in [4.78, 5) is 6.56. The summed E-state index contributed by atoms with van der Waals surface area (Å²) in [5, 5.41) is 7.22. The highest BCUT2D eigenvalue weighted by Gasteiger charge is 2.30. The SMILES string of the molecule is CN(Cc1nc(CCc2ccccc2)n[nH]1)C1CCS(=O)(=O)C1. The maximum atomic E-state index is 11.6. The first-order chi connectivity index (χ1) is 11.0. The van der Waals surface area contributed by atoms with Crippen molar-refractivity contribution in [2.45, 2.75) is 31.8 Å². The third-order valence-corrected chi connectivity index (χ3v) is 6.04. The van der Waals surface area contributed by atoms with Gasteiger partial charge >= 0.3 is 0 Å². The number of hydrogen-bond acceptors (Lipinski definition) is 5. The van der Waals surface area contributed by atoms with Gasteiger partial charge < -0.3 is 0 Å². The van der Waals surface area contributed by atoms with Crippen molar-refractivity contribution in [1.29, 1.82) is 0 Å². The number of H-pyrrole nitrogens is 1. The summed E-state index contributed by atoms with van der Waals surface area (Å²) in [5.74, 6) is 2.13. The second-order valence-electron chi connectivity index (χ2n) is 6.16.